The number of hydrogen-bond acceptors (Lipinski definition) is 3. The zero-order valence-electron chi connectivity index (χ0n) is 16.2. The molecule has 0 saturated carbocycles. The Labute approximate surface area is 180 Å². The number of rotatable bonds is 6. The van der Waals surface area contributed by atoms with Crippen LogP contribution in [-0.2, 0) is 21.7 Å². The van der Waals surface area contributed by atoms with E-state index in [0.29, 0.717) is 16.3 Å². The molecule has 1 atom stereocenters. The van der Waals surface area contributed by atoms with Gasteiger partial charge in [-0.1, -0.05) is 78.3 Å². The Balaban J connectivity index is 1.60. The van der Waals surface area contributed by atoms with Gasteiger partial charge in [-0.05, 0) is 35.4 Å². The Morgan fingerprint density at radius 2 is 1.73 bits per heavy atom. The molecular formula is C25H20ClNO3. The summed E-state index contributed by atoms with van der Waals surface area (Å²) < 4.78 is 0. The first-order valence-electron chi connectivity index (χ1n) is 9.62. The van der Waals surface area contributed by atoms with Crippen LogP contribution in [0.5, 0.6) is 0 Å². The fraction of sp³-hybridized carbons (Fsp3) is 0.120. The fourth-order valence-corrected chi connectivity index (χ4v) is 3.93. The van der Waals surface area contributed by atoms with Crippen LogP contribution in [0.3, 0.4) is 0 Å². The maximum absolute atomic E-state index is 13.2. The molecule has 1 unspecified atom stereocenters. The van der Waals surface area contributed by atoms with Crippen molar-refractivity contribution in [2.24, 2.45) is 0 Å². The van der Waals surface area contributed by atoms with Crippen molar-refractivity contribution < 1.29 is 14.7 Å². The standard InChI is InChI=1S/C25H20ClNO3/c26-20-10-6-9-19(15-20)17-27-23-12-5-4-11-22(23)25(30,24(27)29)16-21(28)14-13-18-7-2-1-3-8-18/h1-15,30H,16-17H2/b14-13-. The molecule has 1 aliphatic rings. The molecule has 1 heterocycles. The van der Waals surface area contributed by atoms with Gasteiger partial charge in [0.2, 0.25) is 0 Å². The fourth-order valence-electron chi connectivity index (χ4n) is 3.72. The SMILES string of the molecule is O=C(/C=C\c1ccccc1)CC1(O)C(=O)N(Cc2cccc(Cl)c2)c2ccccc21. The Kier molecular flexibility index (Phi) is 5.53. The van der Waals surface area contributed by atoms with Gasteiger partial charge in [-0.15, -0.1) is 0 Å². The number of fused-ring (bicyclic) bond motifs is 1. The Hall–Kier alpha value is -3.21. The maximum atomic E-state index is 13.2. The van der Waals surface area contributed by atoms with Crippen molar-refractivity contribution in [3.05, 3.63) is 107 Å². The van der Waals surface area contributed by atoms with E-state index in [1.807, 2.05) is 42.5 Å². The van der Waals surface area contributed by atoms with Gasteiger partial charge >= 0.3 is 0 Å². The summed E-state index contributed by atoms with van der Waals surface area (Å²) >= 11 is 6.07. The largest absolute Gasteiger partial charge is 0.375 e. The minimum atomic E-state index is -1.90. The first kappa shape index (κ1) is 20.1. The molecule has 0 aromatic heterocycles. The molecule has 0 fully saturated rings. The molecule has 0 spiro atoms. The third kappa shape index (κ3) is 3.92. The van der Waals surface area contributed by atoms with E-state index in [1.54, 1.807) is 42.5 Å². The van der Waals surface area contributed by atoms with Crippen molar-refractivity contribution >= 4 is 35.1 Å². The lowest BCUT2D eigenvalue weighted by molar-refractivity contribution is -0.140. The summed E-state index contributed by atoms with van der Waals surface area (Å²) in [6.45, 7) is 0.257. The average molecular weight is 418 g/mol. The first-order valence-corrected chi connectivity index (χ1v) is 9.99. The van der Waals surface area contributed by atoms with Gasteiger partial charge in [0.15, 0.2) is 11.4 Å². The Morgan fingerprint density at radius 3 is 2.50 bits per heavy atom. The summed E-state index contributed by atoms with van der Waals surface area (Å²) in [6, 6.07) is 23.7. The van der Waals surface area contributed by atoms with Gasteiger partial charge in [-0.25, -0.2) is 0 Å². The number of benzene rings is 3. The molecule has 1 amide bonds. The van der Waals surface area contributed by atoms with Crippen molar-refractivity contribution in [1.29, 1.82) is 0 Å². The molecule has 150 valence electrons. The van der Waals surface area contributed by atoms with E-state index >= 15 is 0 Å². The number of aliphatic hydroxyl groups is 1. The van der Waals surface area contributed by atoms with Crippen LogP contribution in [0.2, 0.25) is 5.02 Å². The molecule has 0 saturated heterocycles. The summed E-state index contributed by atoms with van der Waals surface area (Å²) in [5.41, 5.74) is 0.861. The smallest absolute Gasteiger partial charge is 0.264 e. The predicted molar refractivity (Wildman–Crippen MR) is 118 cm³/mol. The van der Waals surface area contributed by atoms with Gasteiger partial charge in [-0.2, -0.15) is 0 Å². The monoisotopic (exact) mass is 417 g/mol. The van der Waals surface area contributed by atoms with Crippen molar-refractivity contribution in [1.82, 2.24) is 0 Å². The van der Waals surface area contributed by atoms with E-state index in [0.717, 1.165) is 11.1 Å². The molecule has 3 aromatic rings. The van der Waals surface area contributed by atoms with E-state index in [4.69, 9.17) is 11.6 Å². The van der Waals surface area contributed by atoms with Crippen LogP contribution in [-0.4, -0.2) is 16.8 Å². The molecular weight excluding hydrogens is 398 g/mol. The van der Waals surface area contributed by atoms with Crippen LogP contribution in [0.15, 0.2) is 84.9 Å². The lowest BCUT2D eigenvalue weighted by Crippen LogP contribution is -2.41. The molecule has 0 radical (unpaired) electrons. The van der Waals surface area contributed by atoms with Gasteiger partial charge in [0.05, 0.1) is 18.7 Å². The molecule has 1 aliphatic heterocycles. The van der Waals surface area contributed by atoms with Crippen LogP contribution in [0, 0.1) is 0 Å². The summed E-state index contributed by atoms with van der Waals surface area (Å²) in [5.74, 6) is -0.834. The van der Waals surface area contributed by atoms with Gasteiger partial charge in [0, 0.05) is 10.6 Å². The van der Waals surface area contributed by atoms with Crippen LogP contribution in [0.4, 0.5) is 5.69 Å². The van der Waals surface area contributed by atoms with Crippen LogP contribution >= 0.6 is 11.6 Å². The summed E-state index contributed by atoms with van der Waals surface area (Å²) in [5, 5.41) is 11.9. The van der Waals surface area contributed by atoms with Gasteiger partial charge in [0.1, 0.15) is 0 Å². The van der Waals surface area contributed by atoms with E-state index in [1.165, 1.54) is 11.0 Å². The summed E-state index contributed by atoms with van der Waals surface area (Å²) in [7, 11) is 0. The normalized spacial score (nSPS) is 18.1. The average Bonchev–Trinajstić information content (AvgIpc) is 2.95. The lowest BCUT2D eigenvalue weighted by atomic mass is 9.89. The van der Waals surface area contributed by atoms with Gasteiger partial charge < -0.3 is 10.0 Å². The summed E-state index contributed by atoms with van der Waals surface area (Å²) in [4.78, 5) is 27.4. The second-order valence-corrected chi connectivity index (χ2v) is 7.72. The van der Waals surface area contributed by atoms with Gasteiger partial charge in [0.25, 0.3) is 5.91 Å². The maximum Gasteiger partial charge on any atom is 0.264 e. The van der Waals surface area contributed by atoms with Crippen molar-refractivity contribution in [2.45, 2.75) is 18.6 Å². The Morgan fingerprint density at radius 1 is 1.00 bits per heavy atom. The second kappa shape index (κ2) is 8.27. The third-order valence-corrected chi connectivity index (χ3v) is 5.40. The number of anilines is 1. The number of carbonyl (C=O) groups is 2. The number of amides is 1. The zero-order valence-corrected chi connectivity index (χ0v) is 16.9. The number of ketones is 1. The number of allylic oxidation sites excluding steroid dienone is 1. The quantitative estimate of drug-likeness (QED) is 0.589. The number of nitrogens with zero attached hydrogens (tertiary/aromatic N) is 1. The minimum Gasteiger partial charge on any atom is -0.375 e. The highest BCUT2D eigenvalue weighted by molar-refractivity contribution is 6.30. The van der Waals surface area contributed by atoms with E-state index in [9.17, 15) is 14.7 Å². The van der Waals surface area contributed by atoms with E-state index in [-0.39, 0.29) is 18.7 Å². The second-order valence-electron chi connectivity index (χ2n) is 7.29. The van der Waals surface area contributed by atoms with Crippen molar-refractivity contribution in [3.63, 3.8) is 0 Å². The van der Waals surface area contributed by atoms with Gasteiger partial charge in [-0.3, -0.25) is 9.59 Å². The Bertz CT molecular complexity index is 1130. The third-order valence-electron chi connectivity index (χ3n) is 5.16. The molecule has 4 nitrogen and oxygen atoms in total. The molecule has 1 N–H and O–H groups in total. The number of hydrogen-bond donors (Lipinski definition) is 1. The topological polar surface area (TPSA) is 57.6 Å². The zero-order chi connectivity index (χ0) is 21.1. The predicted octanol–water partition coefficient (Wildman–Crippen LogP) is 4.75. The molecule has 5 heteroatoms. The highest BCUT2D eigenvalue weighted by atomic mass is 35.5. The van der Waals surface area contributed by atoms with Crippen LogP contribution in [0.25, 0.3) is 6.08 Å². The molecule has 30 heavy (non-hydrogen) atoms. The van der Waals surface area contributed by atoms with Crippen LogP contribution in [0.1, 0.15) is 23.1 Å². The number of para-hydroxylation sites is 1. The summed E-state index contributed by atoms with van der Waals surface area (Å²) in [6.07, 6.45) is 2.77. The van der Waals surface area contributed by atoms with E-state index in [2.05, 4.69) is 0 Å². The highest BCUT2D eigenvalue weighted by Crippen LogP contribution is 2.43. The number of halogens is 1. The first-order chi connectivity index (χ1) is 14.5. The number of carbonyl (C=O) groups excluding carboxylic acids is 2. The van der Waals surface area contributed by atoms with Crippen LogP contribution < -0.4 is 4.90 Å². The van der Waals surface area contributed by atoms with Crippen molar-refractivity contribution in [3.8, 4) is 0 Å². The molecule has 3 aromatic carbocycles. The van der Waals surface area contributed by atoms with Crippen molar-refractivity contribution in [2.75, 3.05) is 4.90 Å². The molecule has 0 aliphatic carbocycles. The van der Waals surface area contributed by atoms with E-state index < -0.39 is 11.5 Å². The lowest BCUT2D eigenvalue weighted by Gasteiger charge is -2.22. The molecule has 0 bridgehead atoms. The highest BCUT2D eigenvalue weighted by Gasteiger charge is 2.50. The minimum absolute atomic E-state index is 0.257. The molecule has 4 rings (SSSR count).